The molecule has 1 aromatic carbocycles. The van der Waals surface area contributed by atoms with Gasteiger partial charge in [-0.2, -0.15) is 0 Å². The van der Waals surface area contributed by atoms with Crippen LogP contribution in [0.4, 0.5) is 4.39 Å². The number of rotatable bonds is 4. The molecule has 0 atom stereocenters. The van der Waals surface area contributed by atoms with Gasteiger partial charge in [0.05, 0.1) is 5.56 Å². The first-order chi connectivity index (χ1) is 12.6. The van der Waals surface area contributed by atoms with E-state index in [0.29, 0.717) is 36.3 Å². The number of esters is 1. The van der Waals surface area contributed by atoms with Crippen LogP contribution in [0.25, 0.3) is 0 Å². The molecular weight excluding hydrogens is 349 g/mol. The number of likely N-dealkylation sites (N-methyl/N-ethyl adjacent to an activating group) is 1. The van der Waals surface area contributed by atoms with Crippen molar-refractivity contribution in [2.75, 3.05) is 59.5 Å². The van der Waals surface area contributed by atoms with Crippen LogP contribution in [0, 0.1) is 5.82 Å². The van der Waals surface area contributed by atoms with Crippen LogP contribution < -0.4 is 10.1 Å². The van der Waals surface area contributed by atoms with Crippen LogP contribution in [0.5, 0.6) is 5.75 Å². The van der Waals surface area contributed by atoms with Crippen molar-refractivity contribution < 1.29 is 18.7 Å². The lowest BCUT2D eigenvalue weighted by Gasteiger charge is -2.33. The second kappa shape index (κ2) is 8.12. The van der Waals surface area contributed by atoms with Crippen molar-refractivity contribution >= 4 is 5.97 Å². The molecule has 1 N–H and O–H groups in total. The van der Waals surface area contributed by atoms with Gasteiger partial charge in [0.1, 0.15) is 23.8 Å². The number of nitrogens with one attached hydrogen (secondary N) is 1. The number of hydrogen-bond acceptors (Lipinski definition) is 6. The Bertz CT molecular complexity index is 683. The molecule has 0 unspecified atom stereocenters. The van der Waals surface area contributed by atoms with Crippen LogP contribution in [0.2, 0.25) is 0 Å². The molecule has 6 nitrogen and oxygen atoms in total. The van der Waals surface area contributed by atoms with Gasteiger partial charge < -0.3 is 19.7 Å². The van der Waals surface area contributed by atoms with Gasteiger partial charge in [-0.05, 0) is 26.2 Å². The van der Waals surface area contributed by atoms with E-state index in [2.05, 4.69) is 22.2 Å². The molecule has 0 bridgehead atoms. The molecular formula is C20H30FN3O3. The van der Waals surface area contributed by atoms with Crippen LogP contribution in [0.15, 0.2) is 12.1 Å². The summed E-state index contributed by atoms with van der Waals surface area (Å²) in [4.78, 5) is 17.0. The normalized spacial score (nSPS) is 22.2. The summed E-state index contributed by atoms with van der Waals surface area (Å²) in [5.41, 5.74) is -0.0722. The van der Waals surface area contributed by atoms with Gasteiger partial charge in [0, 0.05) is 57.2 Å². The standard InChI is InChI=1S/C19H26FN3O3.CH4/c1-22-6-8-23(9-7-22)10-11-25-14-12-15-17(16(20)13-14)19(26-18(15)24)2-4-21-5-3-19;/h12-13,21H,2-11H2,1H3;1H4. The van der Waals surface area contributed by atoms with Crippen molar-refractivity contribution in [3.63, 3.8) is 0 Å². The Kier molecular flexibility index (Phi) is 6.03. The third-order valence-corrected chi connectivity index (χ3v) is 5.71. The van der Waals surface area contributed by atoms with Gasteiger partial charge in [-0.3, -0.25) is 4.90 Å². The largest absolute Gasteiger partial charge is 0.492 e. The van der Waals surface area contributed by atoms with Gasteiger partial charge in [0.2, 0.25) is 0 Å². The maximum atomic E-state index is 14.8. The maximum Gasteiger partial charge on any atom is 0.339 e. The molecule has 0 radical (unpaired) electrons. The summed E-state index contributed by atoms with van der Waals surface area (Å²) in [6, 6.07) is 3.04. The monoisotopic (exact) mass is 379 g/mol. The average Bonchev–Trinajstić information content (AvgIpc) is 2.89. The fraction of sp³-hybridized carbons (Fsp3) is 0.650. The van der Waals surface area contributed by atoms with Crippen molar-refractivity contribution in [2.24, 2.45) is 0 Å². The molecule has 1 aromatic rings. The fourth-order valence-electron chi connectivity index (χ4n) is 4.12. The van der Waals surface area contributed by atoms with Gasteiger partial charge in [-0.1, -0.05) is 7.43 Å². The van der Waals surface area contributed by atoms with Crippen LogP contribution in [-0.2, 0) is 10.3 Å². The van der Waals surface area contributed by atoms with Crippen molar-refractivity contribution in [1.29, 1.82) is 0 Å². The summed E-state index contributed by atoms with van der Waals surface area (Å²) < 4.78 is 26.2. The van der Waals surface area contributed by atoms with Crippen molar-refractivity contribution in [3.8, 4) is 5.75 Å². The van der Waals surface area contributed by atoms with E-state index in [1.165, 1.54) is 6.07 Å². The first kappa shape index (κ1) is 20.0. The van der Waals surface area contributed by atoms with E-state index >= 15 is 0 Å². The Hall–Kier alpha value is -1.70. The number of piperazine rings is 1. The van der Waals surface area contributed by atoms with Crippen molar-refractivity contribution in [2.45, 2.75) is 25.9 Å². The topological polar surface area (TPSA) is 54.0 Å². The minimum Gasteiger partial charge on any atom is -0.492 e. The van der Waals surface area contributed by atoms with Crippen LogP contribution in [-0.4, -0.2) is 75.2 Å². The molecule has 2 fully saturated rings. The Morgan fingerprint density at radius 3 is 2.63 bits per heavy atom. The van der Waals surface area contributed by atoms with Crippen LogP contribution in [0.1, 0.15) is 36.2 Å². The molecule has 27 heavy (non-hydrogen) atoms. The van der Waals surface area contributed by atoms with Crippen LogP contribution >= 0.6 is 0 Å². The van der Waals surface area contributed by atoms with E-state index in [1.807, 2.05) is 0 Å². The smallest absolute Gasteiger partial charge is 0.339 e. The molecule has 4 rings (SSSR count). The Labute approximate surface area is 160 Å². The molecule has 150 valence electrons. The molecule has 1 spiro atoms. The molecule has 2 saturated heterocycles. The lowest BCUT2D eigenvalue weighted by Crippen LogP contribution is -2.45. The second-order valence-corrected chi connectivity index (χ2v) is 7.45. The van der Waals surface area contributed by atoms with E-state index in [0.717, 1.165) is 45.8 Å². The number of halogens is 1. The third kappa shape index (κ3) is 3.95. The molecule has 7 heteroatoms. The van der Waals surface area contributed by atoms with Gasteiger partial charge in [-0.15, -0.1) is 0 Å². The molecule has 0 aromatic heterocycles. The Morgan fingerprint density at radius 1 is 1.22 bits per heavy atom. The van der Waals surface area contributed by atoms with Gasteiger partial charge in [0.25, 0.3) is 0 Å². The van der Waals surface area contributed by atoms with Gasteiger partial charge in [-0.25, -0.2) is 9.18 Å². The summed E-state index contributed by atoms with van der Waals surface area (Å²) in [6.07, 6.45) is 1.21. The Balaban J connectivity index is 0.00000210. The van der Waals surface area contributed by atoms with E-state index in [9.17, 15) is 9.18 Å². The predicted molar refractivity (Wildman–Crippen MR) is 102 cm³/mol. The average molecular weight is 379 g/mol. The number of piperidine rings is 1. The second-order valence-electron chi connectivity index (χ2n) is 7.45. The van der Waals surface area contributed by atoms with Crippen LogP contribution in [0.3, 0.4) is 0 Å². The molecule has 3 heterocycles. The van der Waals surface area contributed by atoms with Gasteiger partial charge in [0.15, 0.2) is 0 Å². The molecule has 0 amide bonds. The quantitative estimate of drug-likeness (QED) is 0.806. The number of carbonyl (C=O) groups is 1. The van der Waals surface area contributed by atoms with Crippen molar-refractivity contribution in [3.05, 3.63) is 29.1 Å². The molecule has 0 aliphatic carbocycles. The summed E-state index contributed by atoms with van der Waals surface area (Å²) in [5.74, 6) is -0.437. The summed E-state index contributed by atoms with van der Waals surface area (Å²) in [7, 11) is 2.12. The zero-order valence-electron chi connectivity index (χ0n) is 15.2. The van der Waals surface area contributed by atoms with E-state index in [1.54, 1.807) is 6.07 Å². The van der Waals surface area contributed by atoms with Crippen molar-refractivity contribution in [1.82, 2.24) is 15.1 Å². The number of fused-ring (bicyclic) bond motifs is 2. The Morgan fingerprint density at radius 2 is 1.93 bits per heavy atom. The number of nitrogens with zero attached hydrogens (tertiary/aromatic N) is 2. The molecule has 3 aliphatic rings. The molecule has 3 aliphatic heterocycles. The molecule has 0 saturated carbocycles. The fourth-order valence-corrected chi connectivity index (χ4v) is 4.12. The first-order valence-corrected chi connectivity index (χ1v) is 9.39. The summed E-state index contributed by atoms with van der Waals surface area (Å²) in [5, 5.41) is 3.23. The SMILES string of the molecule is C.CN1CCN(CCOc2cc(F)c3c(c2)C(=O)OC32CCNCC2)CC1. The number of ether oxygens (including phenoxy) is 2. The first-order valence-electron chi connectivity index (χ1n) is 9.39. The highest BCUT2D eigenvalue weighted by atomic mass is 19.1. The predicted octanol–water partition coefficient (Wildman–Crippen LogP) is 1.84. The third-order valence-electron chi connectivity index (χ3n) is 5.71. The lowest BCUT2D eigenvalue weighted by molar-refractivity contribution is -0.0255. The van der Waals surface area contributed by atoms with E-state index < -0.39 is 17.4 Å². The number of benzene rings is 1. The lowest BCUT2D eigenvalue weighted by atomic mass is 9.84. The van der Waals surface area contributed by atoms with Gasteiger partial charge >= 0.3 is 5.97 Å². The summed E-state index contributed by atoms with van der Waals surface area (Å²) in [6.45, 7) is 6.85. The van der Waals surface area contributed by atoms with E-state index in [4.69, 9.17) is 9.47 Å². The summed E-state index contributed by atoms with van der Waals surface area (Å²) >= 11 is 0. The maximum absolute atomic E-state index is 14.8. The minimum absolute atomic E-state index is 0. The zero-order chi connectivity index (χ0) is 18.1. The number of hydrogen-bond donors (Lipinski definition) is 1. The minimum atomic E-state index is -0.805. The highest BCUT2D eigenvalue weighted by Gasteiger charge is 2.48. The highest BCUT2D eigenvalue weighted by Crippen LogP contribution is 2.45. The zero-order valence-corrected chi connectivity index (χ0v) is 15.2. The van der Waals surface area contributed by atoms with E-state index in [-0.39, 0.29) is 7.43 Å². The number of carbonyl (C=O) groups excluding carboxylic acids is 1. The highest BCUT2D eigenvalue weighted by molar-refractivity contribution is 5.95.